The van der Waals surface area contributed by atoms with Gasteiger partial charge in [-0.05, 0) is 25.2 Å². The van der Waals surface area contributed by atoms with Gasteiger partial charge in [0.05, 0.1) is 11.5 Å². The largest absolute Gasteiger partial charge is 0.481 e. The Morgan fingerprint density at radius 1 is 1.67 bits per heavy atom. The van der Waals surface area contributed by atoms with Crippen LogP contribution in [0.2, 0.25) is 0 Å². The Morgan fingerprint density at radius 3 is 2.73 bits per heavy atom. The maximum Gasteiger partial charge on any atom is 0.315 e. The zero-order chi connectivity index (χ0) is 11.1. The standard InChI is InChI=1S/C10H16N2O3/c1-6(8(13)14)4-10(7-2-3-7)5-11-9(15)12-10/h6-7H,2-5H2,1H3,(H,13,14)(H2,11,12,15)/t6?,10-/m0/s1. The van der Waals surface area contributed by atoms with E-state index < -0.39 is 11.9 Å². The second kappa shape index (κ2) is 3.40. The molecule has 2 fully saturated rings. The third-order valence-electron chi connectivity index (χ3n) is 3.38. The molecule has 5 heteroatoms. The minimum absolute atomic E-state index is 0.167. The quantitative estimate of drug-likeness (QED) is 0.637. The van der Waals surface area contributed by atoms with Crippen LogP contribution in [0.3, 0.4) is 0 Å². The highest BCUT2D eigenvalue weighted by Gasteiger charge is 2.50. The number of hydrogen-bond acceptors (Lipinski definition) is 2. The number of urea groups is 1. The van der Waals surface area contributed by atoms with E-state index in [9.17, 15) is 9.59 Å². The first-order chi connectivity index (χ1) is 7.03. The van der Waals surface area contributed by atoms with Crippen molar-refractivity contribution in [3.05, 3.63) is 0 Å². The second-order valence-electron chi connectivity index (χ2n) is 4.68. The molecule has 0 aromatic rings. The lowest BCUT2D eigenvalue weighted by Crippen LogP contribution is -2.47. The Bertz CT molecular complexity index is 301. The summed E-state index contributed by atoms with van der Waals surface area (Å²) in [5.41, 5.74) is -0.311. The highest BCUT2D eigenvalue weighted by atomic mass is 16.4. The molecule has 2 aliphatic rings. The number of carboxylic acid groups (broad SMARTS) is 1. The van der Waals surface area contributed by atoms with E-state index in [0.717, 1.165) is 12.8 Å². The van der Waals surface area contributed by atoms with Gasteiger partial charge in [0.15, 0.2) is 0 Å². The van der Waals surface area contributed by atoms with Crippen LogP contribution in [0.1, 0.15) is 26.2 Å². The maximum absolute atomic E-state index is 11.2. The number of aliphatic carboxylic acids is 1. The average Bonchev–Trinajstić information content (AvgIpc) is 2.93. The first kappa shape index (κ1) is 10.3. The lowest BCUT2D eigenvalue weighted by Gasteiger charge is -2.29. The Labute approximate surface area is 88.2 Å². The van der Waals surface area contributed by atoms with Gasteiger partial charge in [0.25, 0.3) is 0 Å². The van der Waals surface area contributed by atoms with Gasteiger partial charge >= 0.3 is 12.0 Å². The molecule has 3 N–H and O–H groups in total. The molecule has 1 saturated heterocycles. The van der Waals surface area contributed by atoms with E-state index in [1.165, 1.54) is 0 Å². The van der Waals surface area contributed by atoms with Crippen LogP contribution >= 0.6 is 0 Å². The fourth-order valence-corrected chi connectivity index (χ4v) is 2.36. The van der Waals surface area contributed by atoms with Crippen LogP contribution in [-0.4, -0.2) is 29.2 Å². The molecule has 5 nitrogen and oxygen atoms in total. The van der Waals surface area contributed by atoms with Crippen LogP contribution in [0.5, 0.6) is 0 Å². The zero-order valence-electron chi connectivity index (χ0n) is 8.75. The summed E-state index contributed by atoms with van der Waals surface area (Å²) >= 11 is 0. The minimum Gasteiger partial charge on any atom is -0.481 e. The Kier molecular flexibility index (Phi) is 2.32. The zero-order valence-corrected chi connectivity index (χ0v) is 8.75. The number of amides is 2. The van der Waals surface area contributed by atoms with Gasteiger partial charge in [0, 0.05) is 6.54 Å². The van der Waals surface area contributed by atoms with Crippen molar-refractivity contribution in [2.45, 2.75) is 31.7 Å². The molecule has 2 amide bonds. The van der Waals surface area contributed by atoms with E-state index >= 15 is 0 Å². The van der Waals surface area contributed by atoms with Crippen molar-refractivity contribution < 1.29 is 14.7 Å². The molecular weight excluding hydrogens is 196 g/mol. The van der Waals surface area contributed by atoms with Crippen molar-refractivity contribution in [3.8, 4) is 0 Å². The van der Waals surface area contributed by atoms with Gasteiger partial charge in [-0.2, -0.15) is 0 Å². The minimum atomic E-state index is -0.795. The Hall–Kier alpha value is -1.26. The fourth-order valence-electron chi connectivity index (χ4n) is 2.36. The Balaban J connectivity index is 2.06. The number of carboxylic acids is 1. The topological polar surface area (TPSA) is 78.4 Å². The van der Waals surface area contributed by atoms with Gasteiger partial charge < -0.3 is 15.7 Å². The van der Waals surface area contributed by atoms with Gasteiger partial charge in [-0.25, -0.2) is 4.79 Å². The number of rotatable bonds is 4. The van der Waals surface area contributed by atoms with Crippen molar-refractivity contribution in [3.63, 3.8) is 0 Å². The predicted molar refractivity (Wildman–Crippen MR) is 53.4 cm³/mol. The first-order valence-corrected chi connectivity index (χ1v) is 5.32. The van der Waals surface area contributed by atoms with Crippen molar-refractivity contribution >= 4 is 12.0 Å². The van der Waals surface area contributed by atoms with E-state index in [-0.39, 0.29) is 11.6 Å². The first-order valence-electron chi connectivity index (χ1n) is 5.32. The van der Waals surface area contributed by atoms with Crippen molar-refractivity contribution in [1.82, 2.24) is 10.6 Å². The molecule has 1 saturated carbocycles. The number of carbonyl (C=O) groups excluding carboxylic acids is 1. The van der Waals surface area contributed by atoms with Crippen LogP contribution in [0, 0.1) is 11.8 Å². The van der Waals surface area contributed by atoms with E-state index in [1.54, 1.807) is 6.92 Å². The number of nitrogens with one attached hydrogen (secondary N) is 2. The Morgan fingerprint density at radius 2 is 2.33 bits per heavy atom. The summed E-state index contributed by atoms with van der Waals surface area (Å²) in [6.07, 6.45) is 2.70. The molecule has 2 atom stereocenters. The fraction of sp³-hybridized carbons (Fsp3) is 0.800. The molecular formula is C10H16N2O3. The molecule has 0 bridgehead atoms. The summed E-state index contributed by atoms with van der Waals surface area (Å²) in [7, 11) is 0. The molecule has 0 radical (unpaired) electrons. The van der Waals surface area contributed by atoms with E-state index in [4.69, 9.17) is 5.11 Å². The van der Waals surface area contributed by atoms with Crippen LogP contribution in [0.4, 0.5) is 4.79 Å². The molecule has 0 spiro atoms. The molecule has 84 valence electrons. The summed E-state index contributed by atoms with van der Waals surface area (Å²) in [4.78, 5) is 22.0. The summed E-state index contributed by atoms with van der Waals surface area (Å²) in [6, 6.07) is -0.167. The molecule has 1 aliphatic heterocycles. The van der Waals surface area contributed by atoms with Gasteiger partial charge in [0.2, 0.25) is 0 Å². The monoisotopic (exact) mass is 212 g/mol. The van der Waals surface area contributed by atoms with Crippen LogP contribution in [-0.2, 0) is 4.79 Å². The molecule has 2 rings (SSSR count). The lowest BCUT2D eigenvalue weighted by molar-refractivity contribution is -0.141. The van der Waals surface area contributed by atoms with Crippen LogP contribution in [0.15, 0.2) is 0 Å². The molecule has 1 aliphatic carbocycles. The van der Waals surface area contributed by atoms with Crippen LogP contribution in [0.25, 0.3) is 0 Å². The maximum atomic E-state index is 11.2. The summed E-state index contributed by atoms with van der Waals surface area (Å²) in [5.74, 6) is -0.750. The summed E-state index contributed by atoms with van der Waals surface area (Å²) in [6.45, 7) is 2.26. The van der Waals surface area contributed by atoms with Crippen LogP contribution < -0.4 is 10.6 Å². The summed E-state index contributed by atoms with van der Waals surface area (Å²) in [5, 5.41) is 14.5. The van der Waals surface area contributed by atoms with E-state index in [0.29, 0.717) is 18.9 Å². The van der Waals surface area contributed by atoms with E-state index in [1.807, 2.05) is 0 Å². The van der Waals surface area contributed by atoms with E-state index in [2.05, 4.69) is 10.6 Å². The van der Waals surface area contributed by atoms with Gasteiger partial charge in [-0.15, -0.1) is 0 Å². The normalized spacial score (nSPS) is 31.9. The van der Waals surface area contributed by atoms with Crippen molar-refractivity contribution in [2.75, 3.05) is 6.54 Å². The van der Waals surface area contributed by atoms with Crippen molar-refractivity contribution in [2.24, 2.45) is 11.8 Å². The number of hydrogen-bond donors (Lipinski definition) is 3. The third kappa shape index (κ3) is 1.91. The third-order valence-corrected chi connectivity index (χ3v) is 3.38. The lowest BCUT2D eigenvalue weighted by atomic mass is 9.84. The number of carbonyl (C=O) groups is 2. The van der Waals surface area contributed by atoms with Gasteiger partial charge in [0.1, 0.15) is 0 Å². The SMILES string of the molecule is CC(C[C@@]1(C2CC2)CNC(=O)N1)C(=O)O. The molecule has 1 heterocycles. The smallest absolute Gasteiger partial charge is 0.315 e. The predicted octanol–water partition coefficient (Wildman–Crippen LogP) is 0.559. The van der Waals surface area contributed by atoms with Crippen molar-refractivity contribution in [1.29, 1.82) is 0 Å². The second-order valence-corrected chi connectivity index (χ2v) is 4.68. The molecule has 1 unspecified atom stereocenters. The highest BCUT2D eigenvalue weighted by Crippen LogP contribution is 2.43. The highest BCUT2D eigenvalue weighted by molar-refractivity contribution is 5.78. The van der Waals surface area contributed by atoms with Gasteiger partial charge in [-0.1, -0.05) is 6.92 Å². The van der Waals surface area contributed by atoms with Gasteiger partial charge in [-0.3, -0.25) is 4.79 Å². The molecule has 0 aromatic heterocycles. The average molecular weight is 212 g/mol. The molecule has 0 aromatic carbocycles. The molecule has 15 heavy (non-hydrogen) atoms. The summed E-state index contributed by atoms with van der Waals surface area (Å²) < 4.78 is 0.